The Labute approximate surface area is 53.6 Å². The van der Waals surface area contributed by atoms with Crippen LogP contribution in [0.2, 0.25) is 0 Å². The van der Waals surface area contributed by atoms with Gasteiger partial charge in [0.25, 0.3) is 0 Å². The van der Waals surface area contributed by atoms with Crippen molar-refractivity contribution < 1.29 is 4.43 Å². The summed E-state index contributed by atoms with van der Waals surface area (Å²) in [6, 6.07) is 0. The molecule has 0 aromatic heterocycles. The summed E-state index contributed by atoms with van der Waals surface area (Å²) in [4.78, 5) is 0. The van der Waals surface area contributed by atoms with Gasteiger partial charge in [-0.2, -0.15) is 0 Å². The molecule has 1 rings (SSSR count). The SMILES string of the molecule is C1=CCC=C1.CO[SiH3]. The van der Waals surface area contributed by atoms with Crippen molar-refractivity contribution in [2.75, 3.05) is 7.11 Å². The summed E-state index contributed by atoms with van der Waals surface area (Å²) in [7, 11) is 2.56. The number of hydrogen-bond donors (Lipinski definition) is 0. The van der Waals surface area contributed by atoms with Gasteiger partial charge in [-0.15, -0.1) is 0 Å². The zero-order chi connectivity index (χ0) is 6.24. The third-order valence-corrected chi connectivity index (χ3v) is 0.655. The van der Waals surface area contributed by atoms with Gasteiger partial charge in [0.2, 0.25) is 0 Å². The molecular weight excluding hydrogens is 116 g/mol. The molecule has 0 spiro atoms. The third kappa shape index (κ3) is 5.66. The Morgan fingerprint density at radius 1 is 1.38 bits per heavy atom. The van der Waals surface area contributed by atoms with Crippen LogP contribution in [-0.2, 0) is 4.43 Å². The molecule has 0 unspecified atom stereocenters. The van der Waals surface area contributed by atoms with Crippen LogP contribution >= 0.6 is 0 Å². The first-order valence-corrected chi connectivity index (χ1v) is 3.45. The molecule has 46 valence electrons. The normalized spacial score (nSPS) is 13.6. The topological polar surface area (TPSA) is 9.23 Å². The van der Waals surface area contributed by atoms with E-state index in [-0.39, 0.29) is 0 Å². The summed E-state index contributed by atoms with van der Waals surface area (Å²) in [5.74, 6) is 0. The lowest BCUT2D eigenvalue weighted by Crippen LogP contribution is -1.60. The second kappa shape index (κ2) is 6.66. The Morgan fingerprint density at radius 2 is 1.75 bits per heavy atom. The van der Waals surface area contributed by atoms with E-state index in [1.807, 2.05) is 0 Å². The van der Waals surface area contributed by atoms with E-state index in [0.717, 1.165) is 16.9 Å². The average molecular weight is 128 g/mol. The standard InChI is InChI=1S/C5H6.CH6OSi/c1-2-4-5-3-1;1-2-3/h1-4H,5H2;1,3H3. The lowest BCUT2D eigenvalue weighted by atomic mass is 10.5. The van der Waals surface area contributed by atoms with Crippen LogP contribution in [0.3, 0.4) is 0 Å². The van der Waals surface area contributed by atoms with Crippen molar-refractivity contribution >= 4 is 10.5 Å². The van der Waals surface area contributed by atoms with Gasteiger partial charge in [-0.1, -0.05) is 24.3 Å². The van der Waals surface area contributed by atoms with Crippen LogP contribution in [-0.4, -0.2) is 17.6 Å². The molecule has 0 heterocycles. The van der Waals surface area contributed by atoms with E-state index >= 15 is 0 Å². The molecule has 0 radical (unpaired) electrons. The Kier molecular flexibility index (Phi) is 6.37. The van der Waals surface area contributed by atoms with Gasteiger partial charge in [-0.25, -0.2) is 0 Å². The van der Waals surface area contributed by atoms with E-state index in [1.165, 1.54) is 0 Å². The molecule has 1 aliphatic rings. The molecule has 0 aliphatic heterocycles. The first-order valence-electron chi connectivity index (χ1n) is 2.63. The van der Waals surface area contributed by atoms with E-state index in [1.54, 1.807) is 7.11 Å². The molecule has 0 saturated carbocycles. The maximum atomic E-state index is 4.39. The fourth-order valence-corrected chi connectivity index (χ4v) is 0.393. The molecule has 0 N–H and O–H groups in total. The molecule has 0 fully saturated rings. The Balaban J connectivity index is 0.000000145. The predicted octanol–water partition coefficient (Wildman–Crippen LogP) is 0.416. The molecule has 0 atom stereocenters. The lowest BCUT2D eigenvalue weighted by molar-refractivity contribution is 0.460. The second-order valence-electron chi connectivity index (χ2n) is 1.50. The lowest BCUT2D eigenvalue weighted by Gasteiger charge is -1.61. The summed E-state index contributed by atoms with van der Waals surface area (Å²) in [6.45, 7) is 0. The van der Waals surface area contributed by atoms with Crippen molar-refractivity contribution in [3.05, 3.63) is 24.3 Å². The van der Waals surface area contributed by atoms with Gasteiger partial charge >= 0.3 is 0 Å². The van der Waals surface area contributed by atoms with E-state index < -0.39 is 0 Å². The van der Waals surface area contributed by atoms with Crippen molar-refractivity contribution in [1.82, 2.24) is 0 Å². The first-order chi connectivity index (χ1) is 3.91. The Bertz CT molecular complexity index is 76.5. The van der Waals surface area contributed by atoms with E-state index in [0.29, 0.717) is 0 Å². The fourth-order valence-electron chi connectivity index (χ4n) is 0.393. The molecule has 0 bridgehead atoms. The summed E-state index contributed by atoms with van der Waals surface area (Å²) < 4.78 is 4.39. The first kappa shape index (κ1) is 7.66. The van der Waals surface area contributed by atoms with Crippen LogP contribution in [0.4, 0.5) is 0 Å². The van der Waals surface area contributed by atoms with Crippen LogP contribution in [0, 0.1) is 0 Å². The molecule has 1 aliphatic carbocycles. The summed E-state index contributed by atoms with van der Waals surface area (Å²) >= 11 is 0. The van der Waals surface area contributed by atoms with Gasteiger partial charge in [-0.3, -0.25) is 0 Å². The molecular formula is C6H12OSi. The summed E-state index contributed by atoms with van der Waals surface area (Å²) in [6.07, 6.45) is 9.50. The van der Waals surface area contributed by atoms with Crippen LogP contribution in [0.25, 0.3) is 0 Å². The van der Waals surface area contributed by atoms with Crippen molar-refractivity contribution in [2.24, 2.45) is 0 Å². The number of hydrogen-bond acceptors (Lipinski definition) is 1. The highest BCUT2D eigenvalue weighted by atomic mass is 28.2. The zero-order valence-corrected chi connectivity index (χ0v) is 7.42. The minimum atomic E-state index is 0.869. The summed E-state index contributed by atoms with van der Waals surface area (Å²) in [5, 5.41) is 0. The zero-order valence-electron chi connectivity index (χ0n) is 5.42. The van der Waals surface area contributed by atoms with Crippen LogP contribution in [0.5, 0.6) is 0 Å². The van der Waals surface area contributed by atoms with Crippen LogP contribution in [0.15, 0.2) is 24.3 Å². The molecule has 1 nitrogen and oxygen atoms in total. The van der Waals surface area contributed by atoms with Crippen molar-refractivity contribution in [3.8, 4) is 0 Å². The quantitative estimate of drug-likeness (QED) is 0.429. The minimum absolute atomic E-state index is 0.869. The molecule has 0 amide bonds. The minimum Gasteiger partial charge on any atom is -0.431 e. The maximum Gasteiger partial charge on any atom is 0.145 e. The van der Waals surface area contributed by atoms with Gasteiger partial charge in [0.1, 0.15) is 10.5 Å². The largest absolute Gasteiger partial charge is 0.431 e. The Morgan fingerprint density at radius 3 is 1.88 bits per heavy atom. The highest BCUT2D eigenvalue weighted by molar-refractivity contribution is 5.97. The number of allylic oxidation sites excluding steroid dienone is 4. The van der Waals surface area contributed by atoms with Crippen LogP contribution < -0.4 is 0 Å². The molecule has 0 saturated heterocycles. The van der Waals surface area contributed by atoms with Gasteiger partial charge < -0.3 is 4.43 Å². The maximum absolute atomic E-state index is 4.39. The van der Waals surface area contributed by atoms with Crippen LogP contribution in [0.1, 0.15) is 6.42 Å². The van der Waals surface area contributed by atoms with Crippen molar-refractivity contribution in [3.63, 3.8) is 0 Å². The Hall–Kier alpha value is -0.343. The third-order valence-electron chi connectivity index (χ3n) is 0.655. The van der Waals surface area contributed by atoms with Crippen molar-refractivity contribution in [1.29, 1.82) is 0 Å². The predicted molar refractivity (Wildman–Crippen MR) is 39.8 cm³/mol. The average Bonchev–Trinajstić information content (AvgIpc) is 2.17. The van der Waals surface area contributed by atoms with E-state index in [9.17, 15) is 0 Å². The molecule has 2 heteroatoms. The highest BCUT2D eigenvalue weighted by Gasteiger charge is 1.72. The molecule has 0 aromatic carbocycles. The molecule has 0 aromatic rings. The van der Waals surface area contributed by atoms with Crippen molar-refractivity contribution in [2.45, 2.75) is 6.42 Å². The van der Waals surface area contributed by atoms with Gasteiger partial charge in [0.15, 0.2) is 0 Å². The molecule has 8 heavy (non-hydrogen) atoms. The summed E-state index contributed by atoms with van der Waals surface area (Å²) in [5.41, 5.74) is 0. The highest BCUT2D eigenvalue weighted by Crippen LogP contribution is 1.93. The monoisotopic (exact) mass is 128 g/mol. The number of rotatable bonds is 0. The smallest absolute Gasteiger partial charge is 0.145 e. The van der Waals surface area contributed by atoms with E-state index in [2.05, 4.69) is 28.7 Å². The van der Waals surface area contributed by atoms with Gasteiger partial charge in [0.05, 0.1) is 0 Å². The fraction of sp³-hybridized carbons (Fsp3) is 0.333. The van der Waals surface area contributed by atoms with Gasteiger partial charge in [0, 0.05) is 7.11 Å². The van der Waals surface area contributed by atoms with Gasteiger partial charge in [-0.05, 0) is 6.42 Å². The van der Waals surface area contributed by atoms with E-state index in [4.69, 9.17) is 0 Å². The second-order valence-corrected chi connectivity index (χ2v) is 2.32.